The zero-order chi connectivity index (χ0) is 22.8. The molecule has 4 aromatic rings. The lowest BCUT2D eigenvalue weighted by Crippen LogP contribution is -2.29. The molecule has 0 aliphatic carbocycles. The van der Waals surface area contributed by atoms with E-state index in [2.05, 4.69) is 9.88 Å². The Balaban J connectivity index is 1.81. The third kappa shape index (κ3) is 3.74. The summed E-state index contributed by atoms with van der Waals surface area (Å²) in [5.74, 6) is 1.07. The van der Waals surface area contributed by atoms with Crippen LogP contribution in [-0.2, 0) is 9.53 Å². The highest BCUT2D eigenvalue weighted by Crippen LogP contribution is 2.42. The molecule has 1 unspecified atom stereocenters. The Morgan fingerprint density at radius 1 is 0.970 bits per heavy atom. The van der Waals surface area contributed by atoms with Gasteiger partial charge in [-0.1, -0.05) is 54.6 Å². The first-order chi connectivity index (χ1) is 16.2. The zero-order valence-corrected chi connectivity index (χ0v) is 18.6. The van der Waals surface area contributed by atoms with Crippen LogP contribution in [0.25, 0.3) is 16.7 Å². The highest BCUT2D eigenvalue weighted by molar-refractivity contribution is 6.03. The number of carbonyl (C=O) groups excluding carboxylic acids is 1. The van der Waals surface area contributed by atoms with Crippen LogP contribution in [0.4, 0.5) is 5.95 Å². The van der Waals surface area contributed by atoms with E-state index in [0.29, 0.717) is 23.8 Å². The molecule has 0 bridgehead atoms. The fraction of sp³-hybridized carbons (Fsp3) is 0.185. The number of benzene rings is 3. The van der Waals surface area contributed by atoms with Crippen LogP contribution >= 0.6 is 0 Å². The maximum atomic E-state index is 13.5. The van der Waals surface area contributed by atoms with Gasteiger partial charge in [-0.15, -0.1) is 0 Å². The number of imidazole rings is 1. The van der Waals surface area contributed by atoms with Crippen LogP contribution in [0.2, 0.25) is 0 Å². The predicted octanol–water partition coefficient (Wildman–Crippen LogP) is 5.42. The molecule has 1 atom stereocenters. The molecular formula is C27H25N3O3. The summed E-state index contributed by atoms with van der Waals surface area (Å²) in [5, 5.41) is 3.43. The summed E-state index contributed by atoms with van der Waals surface area (Å²) in [6.45, 7) is 4.62. The lowest BCUT2D eigenvalue weighted by Gasteiger charge is -2.31. The molecule has 1 aromatic heterocycles. The van der Waals surface area contributed by atoms with E-state index in [0.717, 1.165) is 27.9 Å². The van der Waals surface area contributed by atoms with Crippen LogP contribution in [0, 0.1) is 0 Å². The van der Waals surface area contributed by atoms with Gasteiger partial charge in [0.2, 0.25) is 5.95 Å². The number of hydrogen-bond acceptors (Lipinski definition) is 5. The third-order valence-electron chi connectivity index (χ3n) is 5.68. The molecule has 2 heterocycles. The van der Waals surface area contributed by atoms with Gasteiger partial charge in [0.25, 0.3) is 0 Å². The normalized spacial score (nSPS) is 15.2. The van der Waals surface area contributed by atoms with E-state index in [1.165, 1.54) is 0 Å². The van der Waals surface area contributed by atoms with Crippen molar-refractivity contribution in [3.63, 3.8) is 0 Å². The van der Waals surface area contributed by atoms with Gasteiger partial charge in [0.1, 0.15) is 5.75 Å². The average molecular weight is 440 g/mol. The number of fused-ring (bicyclic) bond motifs is 3. The molecule has 166 valence electrons. The summed E-state index contributed by atoms with van der Waals surface area (Å²) in [5.41, 5.74) is 4.83. The van der Waals surface area contributed by atoms with E-state index in [1.807, 2.05) is 92.7 Å². The quantitative estimate of drug-likeness (QED) is 0.406. The van der Waals surface area contributed by atoms with Crippen LogP contribution in [0.5, 0.6) is 5.75 Å². The van der Waals surface area contributed by atoms with Crippen molar-refractivity contribution in [3.05, 3.63) is 95.6 Å². The van der Waals surface area contributed by atoms with Crippen molar-refractivity contribution in [2.24, 2.45) is 0 Å². The van der Waals surface area contributed by atoms with Crippen LogP contribution in [0.3, 0.4) is 0 Å². The van der Waals surface area contributed by atoms with Crippen molar-refractivity contribution >= 4 is 28.6 Å². The van der Waals surface area contributed by atoms with E-state index in [-0.39, 0.29) is 12.6 Å². The Hall–Kier alpha value is -4.06. The molecule has 1 aliphatic heterocycles. The van der Waals surface area contributed by atoms with Gasteiger partial charge < -0.3 is 14.8 Å². The van der Waals surface area contributed by atoms with E-state index >= 15 is 0 Å². The van der Waals surface area contributed by atoms with Gasteiger partial charge in [-0.05, 0) is 49.2 Å². The number of aromatic nitrogens is 2. The summed E-state index contributed by atoms with van der Waals surface area (Å²) in [6, 6.07) is 25.2. The average Bonchev–Trinajstić information content (AvgIpc) is 3.22. The van der Waals surface area contributed by atoms with Gasteiger partial charge in [-0.2, -0.15) is 0 Å². The molecule has 0 saturated carbocycles. The van der Waals surface area contributed by atoms with Crippen molar-refractivity contribution in [3.8, 4) is 5.75 Å². The first-order valence-corrected chi connectivity index (χ1v) is 11.1. The molecule has 3 aromatic carbocycles. The number of hydrogen-bond donors (Lipinski definition) is 1. The smallest absolute Gasteiger partial charge is 0.338 e. The van der Waals surface area contributed by atoms with Gasteiger partial charge in [0.15, 0.2) is 0 Å². The first kappa shape index (κ1) is 20.8. The van der Waals surface area contributed by atoms with E-state index < -0.39 is 6.04 Å². The molecule has 1 N–H and O–H groups in total. The van der Waals surface area contributed by atoms with Crippen LogP contribution in [0.1, 0.15) is 31.0 Å². The second kappa shape index (κ2) is 8.82. The number of esters is 1. The lowest BCUT2D eigenvalue weighted by molar-refractivity contribution is -0.138. The van der Waals surface area contributed by atoms with Crippen molar-refractivity contribution in [2.75, 3.05) is 18.5 Å². The van der Waals surface area contributed by atoms with Gasteiger partial charge in [0, 0.05) is 0 Å². The SMILES string of the molecule is CCOC(=O)C1=C(c2ccccc2)Nc2nc3ccccc3n2C1c1cccc(OCC)c1. The van der Waals surface area contributed by atoms with E-state index in [4.69, 9.17) is 14.5 Å². The van der Waals surface area contributed by atoms with Crippen molar-refractivity contribution < 1.29 is 14.3 Å². The molecule has 0 amide bonds. The van der Waals surface area contributed by atoms with Crippen LogP contribution in [-0.4, -0.2) is 28.7 Å². The summed E-state index contributed by atoms with van der Waals surface area (Å²) in [4.78, 5) is 18.3. The second-order valence-corrected chi connectivity index (χ2v) is 7.70. The number of anilines is 1. The van der Waals surface area contributed by atoms with Gasteiger partial charge in [-0.25, -0.2) is 9.78 Å². The topological polar surface area (TPSA) is 65.4 Å². The molecule has 5 rings (SSSR count). The summed E-state index contributed by atoms with van der Waals surface area (Å²) in [7, 11) is 0. The molecule has 0 saturated heterocycles. The fourth-order valence-electron chi connectivity index (χ4n) is 4.35. The third-order valence-corrected chi connectivity index (χ3v) is 5.68. The van der Waals surface area contributed by atoms with Crippen molar-refractivity contribution in [2.45, 2.75) is 19.9 Å². The van der Waals surface area contributed by atoms with Gasteiger partial charge in [-0.3, -0.25) is 4.57 Å². The molecule has 6 nitrogen and oxygen atoms in total. The second-order valence-electron chi connectivity index (χ2n) is 7.70. The van der Waals surface area contributed by atoms with Gasteiger partial charge in [0.05, 0.1) is 41.6 Å². The fourth-order valence-corrected chi connectivity index (χ4v) is 4.35. The number of nitrogens with zero attached hydrogens (tertiary/aromatic N) is 2. The number of rotatable bonds is 6. The first-order valence-electron chi connectivity index (χ1n) is 11.1. The number of para-hydroxylation sites is 2. The monoisotopic (exact) mass is 439 g/mol. The minimum Gasteiger partial charge on any atom is -0.494 e. The standard InChI is InChI=1S/C27H25N3O3/c1-3-32-20-14-10-13-19(17-20)25-23(26(31)33-4-2)24(18-11-6-5-7-12-18)29-27-28-21-15-8-9-16-22(21)30(25)27/h5-17,25H,3-4H2,1-2H3,(H,28,29). The van der Waals surface area contributed by atoms with E-state index in [1.54, 1.807) is 0 Å². The summed E-state index contributed by atoms with van der Waals surface area (Å²) >= 11 is 0. The number of ether oxygens (including phenoxy) is 2. The summed E-state index contributed by atoms with van der Waals surface area (Å²) < 4.78 is 13.4. The minimum absolute atomic E-state index is 0.285. The Kier molecular flexibility index (Phi) is 5.57. The van der Waals surface area contributed by atoms with Gasteiger partial charge >= 0.3 is 5.97 Å². The predicted molar refractivity (Wildman–Crippen MR) is 129 cm³/mol. The van der Waals surface area contributed by atoms with Crippen molar-refractivity contribution in [1.29, 1.82) is 0 Å². The maximum Gasteiger partial charge on any atom is 0.338 e. The Bertz CT molecular complexity index is 1340. The lowest BCUT2D eigenvalue weighted by atomic mass is 9.92. The minimum atomic E-state index is -0.441. The molecule has 0 radical (unpaired) electrons. The Labute approximate surface area is 192 Å². The van der Waals surface area contributed by atoms with Crippen LogP contribution in [0.15, 0.2) is 84.4 Å². The molecular weight excluding hydrogens is 414 g/mol. The molecule has 33 heavy (non-hydrogen) atoms. The summed E-state index contributed by atoms with van der Waals surface area (Å²) in [6.07, 6.45) is 0. The Morgan fingerprint density at radius 2 is 1.76 bits per heavy atom. The largest absolute Gasteiger partial charge is 0.494 e. The molecule has 6 heteroatoms. The van der Waals surface area contributed by atoms with Crippen molar-refractivity contribution in [1.82, 2.24) is 9.55 Å². The maximum absolute atomic E-state index is 13.5. The molecule has 1 aliphatic rings. The van der Waals surface area contributed by atoms with E-state index in [9.17, 15) is 4.79 Å². The number of nitrogens with one attached hydrogen (secondary N) is 1. The van der Waals surface area contributed by atoms with Crippen LogP contribution < -0.4 is 10.1 Å². The molecule has 0 fully saturated rings. The Morgan fingerprint density at radius 3 is 2.55 bits per heavy atom. The number of carbonyl (C=O) groups is 1. The zero-order valence-electron chi connectivity index (χ0n) is 18.6. The highest BCUT2D eigenvalue weighted by atomic mass is 16.5. The molecule has 0 spiro atoms. The highest BCUT2D eigenvalue weighted by Gasteiger charge is 2.36.